The zero-order valence-corrected chi connectivity index (χ0v) is 11.3. The lowest BCUT2D eigenvalue weighted by Gasteiger charge is -2.13. The third kappa shape index (κ3) is 2.85. The predicted molar refractivity (Wildman–Crippen MR) is 74.1 cm³/mol. The molecule has 1 heterocycles. The van der Waals surface area contributed by atoms with Crippen molar-refractivity contribution in [1.29, 1.82) is 0 Å². The number of nitrogens with one attached hydrogen (secondary N) is 1. The van der Waals surface area contributed by atoms with Crippen molar-refractivity contribution in [3.05, 3.63) is 29.8 Å². The van der Waals surface area contributed by atoms with Crippen LogP contribution in [0.5, 0.6) is 0 Å². The molecule has 0 aliphatic carbocycles. The Kier molecular flexibility index (Phi) is 3.91. The first-order valence-electron chi connectivity index (χ1n) is 5.83. The van der Waals surface area contributed by atoms with Crippen molar-refractivity contribution in [3.8, 4) is 0 Å². The number of amides is 1. The van der Waals surface area contributed by atoms with Gasteiger partial charge in [-0.2, -0.15) is 0 Å². The Morgan fingerprint density at radius 2 is 2.00 bits per heavy atom. The summed E-state index contributed by atoms with van der Waals surface area (Å²) >= 11 is 1.29. The Morgan fingerprint density at radius 1 is 1.33 bits per heavy atom. The molecule has 4 nitrogen and oxygen atoms in total. The van der Waals surface area contributed by atoms with Crippen LogP contribution in [0.3, 0.4) is 0 Å². The molecule has 1 aliphatic heterocycles. The predicted octanol–water partition coefficient (Wildman–Crippen LogP) is 1.51. The van der Waals surface area contributed by atoms with Gasteiger partial charge in [-0.05, 0) is 30.7 Å². The second-order valence-corrected chi connectivity index (χ2v) is 5.52. The largest absolute Gasteiger partial charge is 0.378 e. The molecule has 96 valence electrons. The van der Waals surface area contributed by atoms with Gasteiger partial charge in [0.1, 0.15) is 0 Å². The summed E-state index contributed by atoms with van der Waals surface area (Å²) in [6.45, 7) is 0. The van der Waals surface area contributed by atoms with E-state index in [1.807, 2.05) is 31.1 Å². The number of hydrogen-bond donors (Lipinski definition) is 1. The number of thioether (sulfide) groups is 1. The third-order valence-corrected chi connectivity index (χ3v) is 3.90. The molecule has 5 heteroatoms. The highest BCUT2D eigenvalue weighted by molar-refractivity contribution is 8.14. The van der Waals surface area contributed by atoms with Gasteiger partial charge >= 0.3 is 0 Å². The van der Waals surface area contributed by atoms with Crippen molar-refractivity contribution < 1.29 is 9.59 Å². The minimum absolute atomic E-state index is 0.0632. The minimum Gasteiger partial charge on any atom is -0.378 e. The lowest BCUT2D eigenvalue weighted by molar-refractivity contribution is -0.112. The van der Waals surface area contributed by atoms with E-state index in [-0.39, 0.29) is 17.1 Å². The molecule has 1 fully saturated rings. The Bertz CT molecular complexity index is 457. The summed E-state index contributed by atoms with van der Waals surface area (Å²) in [5.74, 6) is 0.616. The molecule has 0 aromatic heterocycles. The van der Waals surface area contributed by atoms with Crippen molar-refractivity contribution >= 4 is 28.5 Å². The number of hydrogen-bond acceptors (Lipinski definition) is 4. The Morgan fingerprint density at radius 3 is 2.50 bits per heavy atom. The molecule has 0 radical (unpaired) electrons. The van der Waals surface area contributed by atoms with Gasteiger partial charge in [-0.3, -0.25) is 9.59 Å². The van der Waals surface area contributed by atoms with E-state index in [0.29, 0.717) is 5.56 Å². The zero-order chi connectivity index (χ0) is 13.1. The van der Waals surface area contributed by atoms with Crippen LogP contribution in [0.4, 0.5) is 5.69 Å². The first-order valence-corrected chi connectivity index (χ1v) is 6.81. The summed E-state index contributed by atoms with van der Waals surface area (Å²) in [7, 11) is 3.90. The summed E-state index contributed by atoms with van der Waals surface area (Å²) in [4.78, 5) is 25.3. The average molecular weight is 264 g/mol. The van der Waals surface area contributed by atoms with Crippen LogP contribution in [0.2, 0.25) is 0 Å². The van der Waals surface area contributed by atoms with Gasteiger partial charge in [0.05, 0.1) is 6.04 Å². The first-order chi connectivity index (χ1) is 8.58. The maximum atomic E-state index is 11.9. The maximum Gasteiger partial charge on any atom is 0.251 e. The highest BCUT2D eigenvalue weighted by Crippen LogP contribution is 2.20. The van der Waals surface area contributed by atoms with Gasteiger partial charge in [-0.25, -0.2) is 0 Å². The second-order valence-electron chi connectivity index (χ2n) is 4.42. The van der Waals surface area contributed by atoms with E-state index >= 15 is 0 Å². The minimum atomic E-state index is -0.323. The average Bonchev–Trinajstić information content (AvgIpc) is 2.75. The molecule has 2 rings (SSSR count). The lowest BCUT2D eigenvalue weighted by Crippen LogP contribution is -2.37. The monoisotopic (exact) mass is 264 g/mol. The van der Waals surface area contributed by atoms with Crippen molar-refractivity contribution in [2.24, 2.45) is 0 Å². The second kappa shape index (κ2) is 5.44. The van der Waals surface area contributed by atoms with E-state index < -0.39 is 0 Å². The fourth-order valence-electron chi connectivity index (χ4n) is 1.78. The maximum absolute atomic E-state index is 11.9. The van der Waals surface area contributed by atoms with Crippen LogP contribution in [-0.4, -0.2) is 36.9 Å². The summed E-state index contributed by atoms with van der Waals surface area (Å²) in [5.41, 5.74) is 1.63. The molecule has 0 bridgehead atoms. The van der Waals surface area contributed by atoms with Gasteiger partial charge in [-0.1, -0.05) is 11.8 Å². The molecule has 1 amide bonds. The molecular formula is C13H16N2O2S. The molecule has 1 aromatic carbocycles. The van der Waals surface area contributed by atoms with Gasteiger partial charge in [0.25, 0.3) is 5.91 Å². The highest BCUT2D eigenvalue weighted by Gasteiger charge is 2.26. The van der Waals surface area contributed by atoms with E-state index in [1.165, 1.54) is 11.8 Å². The van der Waals surface area contributed by atoms with Crippen LogP contribution in [0, 0.1) is 0 Å². The zero-order valence-electron chi connectivity index (χ0n) is 10.5. The van der Waals surface area contributed by atoms with Crippen LogP contribution < -0.4 is 10.2 Å². The van der Waals surface area contributed by atoms with Crippen molar-refractivity contribution in [1.82, 2.24) is 5.32 Å². The van der Waals surface area contributed by atoms with Gasteiger partial charge in [0.15, 0.2) is 0 Å². The Hall–Kier alpha value is -1.49. The van der Waals surface area contributed by atoms with Gasteiger partial charge in [-0.15, -0.1) is 0 Å². The number of anilines is 1. The third-order valence-electron chi connectivity index (χ3n) is 2.89. The smallest absolute Gasteiger partial charge is 0.251 e. The molecule has 18 heavy (non-hydrogen) atoms. The van der Waals surface area contributed by atoms with Crippen LogP contribution >= 0.6 is 11.8 Å². The molecule has 1 unspecified atom stereocenters. The SMILES string of the molecule is CN(C)c1ccc(C(=O)NC2CCSC2=O)cc1. The van der Waals surface area contributed by atoms with E-state index in [1.54, 1.807) is 12.1 Å². The molecular weight excluding hydrogens is 248 g/mol. The van der Waals surface area contributed by atoms with Gasteiger partial charge in [0, 0.05) is 31.1 Å². The standard InChI is InChI=1S/C13H16N2O2S/c1-15(2)10-5-3-9(4-6-10)12(16)14-11-7-8-18-13(11)17/h3-6,11H,7-8H2,1-2H3,(H,14,16). The lowest BCUT2D eigenvalue weighted by atomic mass is 10.1. The Balaban J connectivity index is 2.02. The van der Waals surface area contributed by atoms with Gasteiger partial charge in [0.2, 0.25) is 5.12 Å². The molecule has 1 saturated heterocycles. The number of carbonyl (C=O) groups excluding carboxylic acids is 2. The summed E-state index contributed by atoms with van der Waals surface area (Å²) in [5, 5.41) is 2.83. The van der Waals surface area contributed by atoms with E-state index in [9.17, 15) is 9.59 Å². The fourth-order valence-corrected chi connectivity index (χ4v) is 2.71. The number of rotatable bonds is 3. The van der Waals surface area contributed by atoms with Crippen molar-refractivity contribution in [2.45, 2.75) is 12.5 Å². The molecule has 1 N–H and O–H groups in total. The molecule has 1 aliphatic rings. The van der Waals surface area contributed by atoms with Crippen molar-refractivity contribution in [2.75, 3.05) is 24.7 Å². The molecule has 1 aromatic rings. The van der Waals surface area contributed by atoms with Crippen LogP contribution in [0.15, 0.2) is 24.3 Å². The van der Waals surface area contributed by atoms with Gasteiger partial charge < -0.3 is 10.2 Å². The van der Waals surface area contributed by atoms with Crippen LogP contribution in [0.1, 0.15) is 16.8 Å². The summed E-state index contributed by atoms with van der Waals surface area (Å²) in [6.07, 6.45) is 0.727. The van der Waals surface area contributed by atoms with Crippen LogP contribution in [0.25, 0.3) is 0 Å². The summed E-state index contributed by atoms with van der Waals surface area (Å²) < 4.78 is 0. The van der Waals surface area contributed by atoms with Crippen LogP contribution in [-0.2, 0) is 4.79 Å². The number of benzene rings is 1. The fraction of sp³-hybridized carbons (Fsp3) is 0.385. The quantitative estimate of drug-likeness (QED) is 0.899. The van der Waals surface area contributed by atoms with E-state index in [4.69, 9.17) is 0 Å². The van der Waals surface area contributed by atoms with Crippen molar-refractivity contribution in [3.63, 3.8) is 0 Å². The van der Waals surface area contributed by atoms with E-state index in [0.717, 1.165) is 17.9 Å². The molecule has 1 atom stereocenters. The highest BCUT2D eigenvalue weighted by atomic mass is 32.2. The number of carbonyl (C=O) groups is 2. The topological polar surface area (TPSA) is 49.4 Å². The number of nitrogens with zero attached hydrogens (tertiary/aromatic N) is 1. The molecule has 0 saturated carbocycles. The molecule has 0 spiro atoms. The Labute approximate surface area is 111 Å². The summed E-state index contributed by atoms with van der Waals surface area (Å²) in [6, 6.07) is 7.00. The first kappa shape index (κ1) is 13.0. The normalized spacial score (nSPS) is 18.8. The van der Waals surface area contributed by atoms with E-state index in [2.05, 4.69) is 5.32 Å².